The van der Waals surface area contributed by atoms with E-state index in [0.29, 0.717) is 24.4 Å². The van der Waals surface area contributed by atoms with Gasteiger partial charge in [-0.2, -0.15) is 0 Å². The molecule has 0 heterocycles. The van der Waals surface area contributed by atoms with Gasteiger partial charge in [0.2, 0.25) is 15.9 Å². The van der Waals surface area contributed by atoms with Crippen molar-refractivity contribution in [2.24, 2.45) is 0 Å². The van der Waals surface area contributed by atoms with Gasteiger partial charge in [0.15, 0.2) is 0 Å². The smallest absolute Gasteiger partial charge is 0.232 e. The first-order valence-corrected chi connectivity index (χ1v) is 12.1. The number of ether oxygens (including phenoxy) is 1. The Kier molecular flexibility index (Phi) is 8.72. The Bertz CT molecular complexity index is 957. The van der Waals surface area contributed by atoms with E-state index in [1.54, 1.807) is 24.3 Å². The monoisotopic (exact) mass is 432 g/mol. The molecule has 7 heteroatoms. The Morgan fingerprint density at radius 3 is 2.47 bits per heavy atom. The third kappa shape index (κ3) is 6.76. The molecule has 0 atom stereocenters. The maximum atomic E-state index is 12.3. The molecule has 2 aromatic carbocycles. The summed E-state index contributed by atoms with van der Waals surface area (Å²) in [5, 5.41) is 2.97. The van der Waals surface area contributed by atoms with Gasteiger partial charge in [-0.25, -0.2) is 8.42 Å². The first kappa shape index (κ1) is 23.7. The van der Waals surface area contributed by atoms with Gasteiger partial charge in [0.25, 0.3) is 0 Å². The second-order valence-corrected chi connectivity index (χ2v) is 9.13. The highest BCUT2D eigenvalue weighted by molar-refractivity contribution is 7.92. The van der Waals surface area contributed by atoms with Crippen molar-refractivity contribution >= 4 is 21.6 Å². The molecule has 0 aromatic heterocycles. The highest BCUT2D eigenvalue weighted by Gasteiger charge is 2.18. The summed E-state index contributed by atoms with van der Waals surface area (Å²) >= 11 is 0. The largest absolute Gasteiger partial charge is 0.497 e. The molecule has 0 unspecified atom stereocenters. The second-order valence-electron chi connectivity index (χ2n) is 7.23. The lowest BCUT2D eigenvalue weighted by atomic mass is 10.0. The van der Waals surface area contributed by atoms with Gasteiger partial charge in [-0.15, -0.1) is 0 Å². The van der Waals surface area contributed by atoms with Gasteiger partial charge in [-0.3, -0.25) is 9.10 Å². The van der Waals surface area contributed by atoms with Crippen LogP contribution in [0.3, 0.4) is 0 Å². The molecular formula is C23H32N2O4S. The van der Waals surface area contributed by atoms with Crippen LogP contribution in [-0.4, -0.2) is 34.2 Å². The molecule has 2 aromatic rings. The molecule has 1 N–H and O–H groups in total. The minimum absolute atomic E-state index is 0.0851. The van der Waals surface area contributed by atoms with Gasteiger partial charge in [0, 0.05) is 25.6 Å². The summed E-state index contributed by atoms with van der Waals surface area (Å²) in [7, 11) is -1.93. The molecule has 1 amide bonds. The number of carbonyl (C=O) groups is 1. The number of nitrogens with zero attached hydrogens (tertiary/aromatic N) is 1. The summed E-state index contributed by atoms with van der Waals surface area (Å²) in [5.74, 6) is 0.498. The molecule has 0 aliphatic rings. The SMILES string of the molecule is CCc1ccc(CC)c(CNC(=O)CCCN(c2cccc(OC)c2)S(C)(=O)=O)c1. The Hall–Kier alpha value is -2.54. The summed E-state index contributed by atoms with van der Waals surface area (Å²) in [5.41, 5.74) is 4.15. The fourth-order valence-corrected chi connectivity index (χ4v) is 4.28. The number of carbonyl (C=O) groups excluding carboxylic acids is 1. The Balaban J connectivity index is 1.95. The second kappa shape index (κ2) is 11.0. The summed E-state index contributed by atoms with van der Waals surface area (Å²) in [6, 6.07) is 13.3. The van der Waals surface area contributed by atoms with E-state index in [2.05, 4.69) is 37.4 Å². The fraction of sp³-hybridized carbons (Fsp3) is 0.435. The number of nitrogens with one attached hydrogen (secondary N) is 1. The number of sulfonamides is 1. The van der Waals surface area contributed by atoms with E-state index >= 15 is 0 Å². The molecule has 6 nitrogen and oxygen atoms in total. The van der Waals surface area contributed by atoms with Gasteiger partial charge in [-0.05, 0) is 48.1 Å². The quantitative estimate of drug-likeness (QED) is 0.588. The van der Waals surface area contributed by atoms with Crippen molar-refractivity contribution in [3.63, 3.8) is 0 Å². The van der Waals surface area contributed by atoms with Crippen molar-refractivity contribution in [2.75, 3.05) is 24.2 Å². The topological polar surface area (TPSA) is 75.7 Å². The van der Waals surface area contributed by atoms with E-state index in [9.17, 15) is 13.2 Å². The predicted molar refractivity (Wildman–Crippen MR) is 121 cm³/mol. The van der Waals surface area contributed by atoms with Crippen molar-refractivity contribution in [1.29, 1.82) is 0 Å². The van der Waals surface area contributed by atoms with E-state index in [-0.39, 0.29) is 18.9 Å². The zero-order valence-electron chi connectivity index (χ0n) is 18.3. The molecule has 0 fully saturated rings. The van der Waals surface area contributed by atoms with Gasteiger partial charge in [-0.1, -0.05) is 38.1 Å². The van der Waals surface area contributed by atoms with Crippen LogP contribution >= 0.6 is 0 Å². The first-order chi connectivity index (χ1) is 14.3. The number of hydrogen-bond acceptors (Lipinski definition) is 4. The van der Waals surface area contributed by atoms with Crippen LogP contribution in [0.1, 0.15) is 43.4 Å². The fourth-order valence-electron chi connectivity index (χ4n) is 3.33. The molecule has 0 aliphatic carbocycles. The summed E-state index contributed by atoms with van der Waals surface area (Å²) in [4.78, 5) is 12.3. The number of benzene rings is 2. The number of hydrogen-bond donors (Lipinski definition) is 1. The van der Waals surface area contributed by atoms with Crippen molar-refractivity contribution in [1.82, 2.24) is 5.32 Å². The number of aryl methyl sites for hydroxylation is 2. The molecule has 2 rings (SSSR count). The molecule has 0 radical (unpaired) electrons. The molecule has 0 aliphatic heterocycles. The Morgan fingerprint density at radius 1 is 1.07 bits per heavy atom. The summed E-state index contributed by atoms with van der Waals surface area (Å²) < 4.78 is 31.0. The average molecular weight is 433 g/mol. The van der Waals surface area contributed by atoms with E-state index in [1.807, 2.05) is 0 Å². The van der Waals surface area contributed by atoms with Crippen LogP contribution in [0.4, 0.5) is 5.69 Å². The van der Waals surface area contributed by atoms with Crippen LogP contribution in [0.2, 0.25) is 0 Å². The average Bonchev–Trinajstić information content (AvgIpc) is 2.74. The maximum absolute atomic E-state index is 12.3. The molecule has 164 valence electrons. The van der Waals surface area contributed by atoms with Crippen LogP contribution in [0, 0.1) is 0 Å². The third-order valence-corrected chi connectivity index (χ3v) is 6.24. The van der Waals surface area contributed by atoms with Crippen LogP contribution in [0.25, 0.3) is 0 Å². The van der Waals surface area contributed by atoms with Crippen LogP contribution < -0.4 is 14.4 Å². The number of amides is 1. The predicted octanol–water partition coefficient (Wildman–Crippen LogP) is 3.68. The van der Waals surface area contributed by atoms with E-state index in [1.165, 1.54) is 28.8 Å². The van der Waals surface area contributed by atoms with Crippen LogP contribution in [0.5, 0.6) is 5.75 Å². The van der Waals surface area contributed by atoms with Gasteiger partial charge in [0.05, 0.1) is 19.1 Å². The third-order valence-electron chi connectivity index (χ3n) is 5.04. The van der Waals surface area contributed by atoms with E-state index in [0.717, 1.165) is 18.4 Å². The minimum Gasteiger partial charge on any atom is -0.497 e. The van der Waals surface area contributed by atoms with E-state index in [4.69, 9.17) is 4.74 Å². The Morgan fingerprint density at radius 2 is 1.83 bits per heavy atom. The summed E-state index contributed by atoms with van der Waals surface area (Å²) in [6.07, 6.45) is 3.71. The molecule has 0 spiro atoms. The van der Waals surface area contributed by atoms with Gasteiger partial charge < -0.3 is 10.1 Å². The molecule has 0 saturated heterocycles. The molecule has 0 bridgehead atoms. The molecular weight excluding hydrogens is 400 g/mol. The zero-order chi connectivity index (χ0) is 22.1. The van der Waals surface area contributed by atoms with Gasteiger partial charge >= 0.3 is 0 Å². The maximum Gasteiger partial charge on any atom is 0.232 e. The lowest BCUT2D eigenvalue weighted by Gasteiger charge is -2.22. The van der Waals surface area contributed by atoms with Crippen molar-refractivity contribution in [3.05, 3.63) is 59.2 Å². The highest BCUT2D eigenvalue weighted by Crippen LogP contribution is 2.23. The van der Waals surface area contributed by atoms with Crippen molar-refractivity contribution in [3.8, 4) is 5.75 Å². The number of rotatable bonds is 11. The number of methoxy groups -OCH3 is 1. The van der Waals surface area contributed by atoms with Crippen LogP contribution in [-0.2, 0) is 34.2 Å². The normalized spacial score (nSPS) is 11.2. The zero-order valence-corrected chi connectivity index (χ0v) is 19.1. The summed E-state index contributed by atoms with van der Waals surface area (Å²) in [6.45, 7) is 4.93. The minimum atomic E-state index is -3.47. The molecule has 30 heavy (non-hydrogen) atoms. The van der Waals surface area contributed by atoms with Crippen LogP contribution in [0.15, 0.2) is 42.5 Å². The number of anilines is 1. The highest BCUT2D eigenvalue weighted by atomic mass is 32.2. The lowest BCUT2D eigenvalue weighted by molar-refractivity contribution is -0.121. The van der Waals surface area contributed by atoms with Gasteiger partial charge in [0.1, 0.15) is 5.75 Å². The first-order valence-electron chi connectivity index (χ1n) is 10.3. The van der Waals surface area contributed by atoms with Crippen molar-refractivity contribution < 1.29 is 17.9 Å². The van der Waals surface area contributed by atoms with Crippen molar-refractivity contribution in [2.45, 2.75) is 46.1 Å². The van der Waals surface area contributed by atoms with E-state index < -0.39 is 10.0 Å². The molecule has 0 saturated carbocycles. The standard InChI is InChI=1S/C23H32N2O4S/c1-5-18-12-13-19(6-2)20(15-18)17-24-23(26)11-8-14-25(30(4,27)28)21-9-7-10-22(16-21)29-3/h7,9-10,12-13,15-16H,5-6,8,11,14,17H2,1-4H3,(H,24,26). The lowest BCUT2D eigenvalue weighted by Crippen LogP contribution is -2.32. The Labute approximate surface area is 180 Å².